The van der Waals surface area contributed by atoms with Crippen molar-refractivity contribution in [3.63, 3.8) is 0 Å². The zero-order valence-corrected chi connectivity index (χ0v) is 20.4. The van der Waals surface area contributed by atoms with E-state index in [0.717, 1.165) is 28.8 Å². The Labute approximate surface area is 209 Å². The van der Waals surface area contributed by atoms with Gasteiger partial charge in [0.2, 0.25) is 0 Å². The van der Waals surface area contributed by atoms with Crippen LogP contribution in [0, 0.1) is 0 Å². The van der Waals surface area contributed by atoms with Crippen LogP contribution in [-0.2, 0) is 23.3 Å². The molecule has 1 saturated heterocycles. The Morgan fingerprint density at radius 3 is 2.00 bits per heavy atom. The number of aliphatic carboxylic acids is 1. The molecule has 2 heterocycles. The van der Waals surface area contributed by atoms with Gasteiger partial charge in [0.05, 0.1) is 5.41 Å². The summed E-state index contributed by atoms with van der Waals surface area (Å²) in [5, 5.41) is 9.80. The number of hydrogen-bond acceptors (Lipinski definition) is 4. The van der Waals surface area contributed by atoms with Gasteiger partial charge in [0.15, 0.2) is 0 Å². The predicted octanol–water partition coefficient (Wildman–Crippen LogP) is 5.36. The van der Waals surface area contributed by atoms with Gasteiger partial charge in [0.25, 0.3) is 0 Å². The van der Waals surface area contributed by atoms with Crippen LogP contribution in [0.3, 0.4) is 0 Å². The molecule has 0 radical (unpaired) electrons. The third kappa shape index (κ3) is 5.77. The van der Waals surface area contributed by atoms with Gasteiger partial charge in [-0.15, -0.1) is 0 Å². The van der Waals surface area contributed by atoms with Gasteiger partial charge in [-0.2, -0.15) is 13.2 Å². The summed E-state index contributed by atoms with van der Waals surface area (Å²) < 4.78 is 40.0. The molecule has 190 valence electrons. The first-order valence-corrected chi connectivity index (χ1v) is 11.9. The molecule has 1 aliphatic rings. The molecule has 1 fully saturated rings. The van der Waals surface area contributed by atoms with Crippen molar-refractivity contribution in [2.45, 2.75) is 44.6 Å². The molecular weight excluding hydrogens is 467 g/mol. The highest BCUT2D eigenvalue weighted by Gasteiger charge is 2.48. The van der Waals surface area contributed by atoms with Gasteiger partial charge in [-0.25, -0.2) is 0 Å². The van der Waals surface area contributed by atoms with Crippen LogP contribution < -0.4 is 0 Å². The number of alkyl halides is 3. The van der Waals surface area contributed by atoms with Crippen molar-refractivity contribution < 1.29 is 23.1 Å². The first kappa shape index (κ1) is 25.9. The third-order valence-electron chi connectivity index (χ3n) is 7.00. The fourth-order valence-electron chi connectivity index (χ4n) is 4.47. The number of nitrogens with zero attached hydrogens (tertiary/aromatic N) is 3. The van der Waals surface area contributed by atoms with Crippen LogP contribution >= 0.6 is 0 Å². The number of halogens is 3. The fourth-order valence-corrected chi connectivity index (χ4v) is 4.47. The molecule has 3 aromatic rings. The number of carboxylic acids is 1. The summed E-state index contributed by atoms with van der Waals surface area (Å²) in [6.07, 6.45) is -0.897. The highest BCUT2D eigenvalue weighted by Crippen LogP contribution is 2.40. The summed E-state index contributed by atoms with van der Waals surface area (Å²) in [7, 11) is 0. The highest BCUT2D eigenvalue weighted by atomic mass is 19.4. The lowest BCUT2D eigenvalue weighted by atomic mass is 9.83. The van der Waals surface area contributed by atoms with Gasteiger partial charge in [-0.05, 0) is 53.8 Å². The number of benzene rings is 2. The zero-order chi connectivity index (χ0) is 25.9. The Hall–Kier alpha value is -3.23. The molecule has 0 saturated carbocycles. The van der Waals surface area contributed by atoms with Gasteiger partial charge in [-0.1, -0.05) is 48.5 Å². The maximum Gasteiger partial charge on any atom is 0.397 e. The number of pyridine rings is 1. The largest absolute Gasteiger partial charge is 0.480 e. The minimum absolute atomic E-state index is 0.228. The second-order valence-corrected chi connectivity index (χ2v) is 9.81. The van der Waals surface area contributed by atoms with Crippen molar-refractivity contribution in [1.29, 1.82) is 0 Å². The van der Waals surface area contributed by atoms with Crippen LogP contribution in [0.15, 0.2) is 73.1 Å². The molecule has 0 spiro atoms. The monoisotopic (exact) mass is 497 g/mol. The van der Waals surface area contributed by atoms with Gasteiger partial charge in [-0.3, -0.25) is 19.6 Å². The summed E-state index contributed by atoms with van der Waals surface area (Å²) in [5.41, 5.74) is 2.17. The van der Waals surface area contributed by atoms with E-state index < -0.39 is 23.6 Å². The molecule has 4 rings (SSSR count). The molecule has 0 aliphatic carbocycles. The number of aromatic nitrogens is 1. The van der Waals surface area contributed by atoms with Crippen LogP contribution in [0.2, 0.25) is 0 Å². The Morgan fingerprint density at radius 2 is 1.44 bits per heavy atom. The topological polar surface area (TPSA) is 56.7 Å². The van der Waals surface area contributed by atoms with Crippen molar-refractivity contribution >= 4 is 5.97 Å². The molecule has 5 nitrogen and oxygen atoms in total. The molecule has 36 heavy (non-hydrogen) atoms. The molecule has 0 bridgehead atoms. The van der Waals surface area contributed by atoms with Crippen LogP contribution in [0.4, 0.5) is 13.2 Å². The third-order valence-corrected chi connectivity index (χ3v) is 7.00. The Bertz CT molecular complexity index is 1160. The van der Waals surface area contributed by atoms with Crippen LogP contribution in [-0.4, -0.2) is 57.7 Å². The average Bonchev–Trinajstić information content (AvgIpc) is 2.85. The Morgan fingerprint density at radius 1 is 0.889 bits per heavy atom. The minimum atomic E-state index is -4.32. The van der Waals surface area contributed by atoms with Crippen LogP contribution in [0.1, 0.15) is 30.5 Å². The fraction of sp³-hybridized carbons (Fsp3) is 0.357. The molecule has 1 aliphatic heterocycles. The lowest BCUT2D eigenvalue weighted by Gasteiger charge is -2.39. The number of hydrogen-bond donors (Lipinski definition) is 1. The quantitative estimate of drug-likeness (QED) is 0.476. The lowest BCUT2D eigenvalue weighted by molar-refractivity contribution is -0.180. The molecule has 2 aromatic carbocycles. The molecular formula is C28H30F3N3O2. The van der Waals surface area contributed by atoms with E-state index >= 15 is 0 Å². The summed E-state index contributed by atoms with van der Waals surface area (Å²) >= 11 is 0. The normalized spacial score (nSPS) is 17.8. The van der Waals surface area contributed by atoms with E-state index in [-0.39, 0.29) is 5.56 Å². The number of carboxylic acid groups (broad SMARTS) is 1. The van der Waals surface area contributed by atoms with Crippen molar-refractivity contribution in [3.05, 3.63) is 89.7 Å². The van der Waals surface area contributed by atoms with Gasteiger partial charge in [0, 0.05) is 45.1 Å². The summed E-state index contributed by atoms with van der Waals surface area (Å²) in [4.78, 5) is 20.1. The van der Waals surface area contributed by atoms with E-state index in [9.17, 15) is 23.1 Å². The van der Waals surface area contributed by atoms with E-state index in [1.54, 1.807) is 24.5 Å². The zero-order valence-electron chi connectivity index (χ0n) is 20.4. The maximum absolute atomic E-state index is 13.3. The van der Waals surface area contributed by atoms with Gasteiger partial charge in [0.1, 0.15) is 6.04 Å². The van der Waals surface area contributed by atoms with Gasteiger partial charge < -0.3 is 5.11 Å². The second kappa shape index (κ2) is 10.4. The van der Waals surface area contributed by atoms with Crippen molar-refractivity contribution in [1.82, 2.24) is 14.8 Å². The molecule has 1 aromatic heterocycles. The molecule has 1 N–H and O–H groups in total. The van der Waals surface area contributed by atoms with E-state index in [1.165, 1.54) is 26.0 Å². The van der Waals surface area contributed by atoms with E-state index in [4.69, 9.17) is 0 Å². The Balaban J connectivity index is 1.39. The van der Waals surface area contributed by atoms with Gasteiger partial charge >= 0.3 is 12.1 Å². The lowest BCUT2D eigenvalue weighted by Crippen LogP contribution is -2.55. The second-order valence-electron chi connectivity index (χ2n) is 9.81. The first-order valence-electron chi connectivity index (χ1n) is 11.9. The number of piperazine rings is 1. The smallest absolute Gasteiger partial charge is 0.397 e. The van der Waals surface area contributed by atoms with Crippen LogP contribution in [0.25, 0.3) is 11.1 Å². The summed E-state index contributed by atoms with van der Waals surface area (Å²) in [5.74, 6) is -0.832. The van der Waals surface area contributed by atoms with Crippen molar-refractivity contribution in [2.75, 3.05) is 19.6 Å². The predicted molar refractivity (Wildman–Crippen MR) is 132 cm³/mol. The first-order chi connectivity index (χ1) is 17.0. The molecule has 8 heteroatoms. The summed E-state index contributed by atoms with van der Waals surface area (Å²) in [6, 6.07) is 17.6. The number of carbonyl (C=O) groups is 1. The molecule has 1 atom stereocenters. The highest BCUT2D eigenvalue weighted by molar-refractivity contribution is 5.74. The summed E-state index contributed by atoms with van der Waals surface area (Å²) in [6.45, 7) is 5.41. The molecule has 0 unspecified atom stereocenters. The maximum atomic E-state index is 13.3. The van der Waals surface area contributed by atoms with E-state index in [1.807, 2.05) is 41.3 Å². The minimum Gasteiger partial charge on any atom is -0.480 e. The SMILES string of the molecule is CC(C)(c1ccc(-c2ccc(CN3CCN(Cc4ccncc4)[C@@H](C(=O)O)C3)cc2)cc1)C(F)(F)F. The average molecular weight is 498 g/mol. The molecule has 0 amide bonds. The standard InChI is InChI=1S/C28H30F3N3O2/c1-27(2,28(29,30)31)24-9-7-23(8-10-24)22-5-3-20(4-6-22)17-33-15-16-34(25(19-33)26(35)36)18-21-11-13-32-14-12-21/h3-14,25H,15-19H2,1-2H3,(H,35,36)/t25-/m1/s1. The van der Waals surface area contributed by atoms with Crippen molar-refractivity contribution in [2.24, 2.45) is 0 Å². The van der Waals surface area contributed by atoms with Crippen molar-refractivity contribution in [3.8, 4) is 11.1 Å². The van der Waals surface area contributed by atoms with Crippen LogP contribution in [0.5, 0.6) is 0 Å². The Kier molecular flexibility index (Phi) is 7.47. The van der Waals surface area contributed by atoms with E-state index in [0.29, 0.717) is 26.2 Å². The van der Waals surface area contributed by atoms with E-state index in [2.05, 4.69) is 9.88 Å². The number of rotatable bonds is 7.